The first-order valence-corrected chi connectivity index (χ1v) is 16.8. The van der Waals surface area contributed by atoms with Gasteiger partial charge in [0.15, 0.2) is 0 Å². The van der Waals surface area contributed by atoms with Crippen LogP contribution in [0.25, 0.3) is 21.9 Å². The van der Waals surface area contributed by atoms with Crippen molar-refractivity contribution in [3.63, 3.8) is 0 Å². The molecular formula is C40H46O7. The average molecular weight is 639 g/mol. The van der Waals surface area contributed by atoms with Gasteiger partial charge in [-0.05, 0) is 116 Å². The highest BCUT2D eigenvalue weighted by Crippen LogP contribution is 2.26. The van der Waals surface area contributed by atoms with Gasteiger partial charge >= 0.3 is 17.9 Å². The first-order chi connectivity index (χ1) is 22.8. The quantitative estimate of drug-likeness (QED) is 0.0609. The van der Waals surface area contributed by atoms with Gasteiger partial charge in [-0.2, -0.15) is 0 Å². The first kappa shape index (κ1) is 35.2. The molecule has 0 bridgehead atoms. The highest BCUT2D eigenvalue weighted by molar-refractivity contribution is 5.96. The van der Waals surface area contributed by atoms with E-state index in [2.05, 4.69) is 6.92 Å². The minimum atomic E-state index is -0.445. The van der Waals surface area contributed by atoms with Crippen molar-refractivity contribution in [3.05, 3.63) is 96.1 Å². The molecule has 0 amide bonds. The maximum Gasteiger partial charge on any atom is 0.343 e. The van der Waals surface area contributed by atoms with E-state index >= 15 is 0 Å². The van der Waals surface area contributed by atoms with E-state index in [0.717, 1.165) is 72.6 Å². The van der Waals surface area contributed by atoms with Crippen molar-refractivity contribution in [1.29, 1.82) is 0 Å². The Morgan fingerprint density at radius 2 is 1.21 bits per heavy atom. The van der Waals surface area contributed by atoms with Crippen LogP contribution in [-0.4, -0.2) is 37.2 Å². The Kier molecular flexibility index (Phi) is 13.8. The summed E-state index contributed by atoms with van der Waals surface area (Å²) in [6, 6.07) is 26.0. The van der Waals surface area contributed by atoms with E-state index in [0.29, 0.717) is 30.1 Å². The Morgan fingerprint density at radius 1 is 0.617 bits per heavy atom. The number of benzene rings is 4. The topological polar surface area (TPSA) is 88.1 Å². The third-order valence-electron chi connectivity index (χ3n) is 7.95. The van der Waals surface area contributed by atoms with E-state index in [1.165, 1.54) is 19.8 Å². The van der Waals surface area contributed by atoms with Gasteiger partial charge in [0.05, 0.1) is 30.4 Å². The summed E-state index contributed by atoms with van der Waals surface area (Å²) in [7, 11) is 0. The Balaban J connectivity index is 1.24. The minimum absolute atomic E-state index is 0.120. The van der Waals surface area contributed by atoms with Crippen LogP contribution in [-0.2, 0) is 14.3 Å². The molecule has 47 heavy (non-hydrogen) atoms. The summed E-state index contributed by atoms with van der Waals surface area (Å²) in [5.74, 6) is 0.237. The normalized spacial score (nSPS) is 11.6. The molecule has 7 heteroatoms. The monoisotopic (exact) mass is 638 g/mol. The predicted molar refractivity (Wildman–Crippen MR) is 185 cm³/mol. The fourth-order valence-corrected chi connectivity index (χ4v) is 5.25. The summed E-state index contributed by atoms with van der Waals surface area (Å²) in [4.78, 5) is 36.4. The van der Waals surface area contributed by atoms with Crippen molar-refractivity contribution in [2.24, 2.45) is 0 Å². The summed E-state index contributed by atoms with van der Waals surface area (Å²) >= 11 is 0. The number of carbonyl (C=O) groups excluding carboxylic acids is 3. The second-order valence-electron chi connectivity index (χ2n) is 11.9. The van der Waals surface area contributed by atoms with Crippen molar-refractivity contribution < 1.29 is 33.3 Å². The van der Waals surface area contributed by atoms with Crippen LogP contribution in [0.5, 0.6) is 11.5 Å². The van der Waals surface area contributed by atoms with E-state index in [1.807, 2.05) is 61.5 Å². The van der Waals surface area contributed by atoms with E-state index < -0.39 is 5.97 Å². The fraction of sp³-hybridized carbons (Fsp3) is 0.375. The maximum absolute atomic E-state index is 12.9. The van der Waals surface area contributed by atoms with Gasteiger partial charge in [0.2, 0.25) is 0 Å². The van der Waals surface area contributed by atoms with Gasteiger partial charge in [-0.1, -0.05) is 62.6 Å². The van der Waals surface area contributed by atoms with E-state index in [-0.39, 0.29) is 18.0 Å². The molecule has 4 aromatic carbocycles. The molecule has 0 aliphatic rings. The van der Waals surface area contributed by atoms with Crippen LogP contribution in [0.3, 0.4) is 0 Å². The van der Waals surface area contributed by atoms with Crippen molar-refractivity contribution >= 4 is 28.7 Å². The van der Waals surface area contributed by atoms with E-state index in [4.69, 9.17) is 18.9 Å². The SMILES string of the molecule is CCCCCC[C@H](C)OC(=O)c1ccc2cc(OC(=O)c3ccc(-c4ccc(OCCCCCCOC(C)=O)cc4)cc3)ccc2c1. The minimum Gasteiger partial charge on any atom is -0.494 e. The molecular weight excluding hydrogens is 592 g/mol. The number of ether oxygens (including phenoxy) is 4. The fourth-order valence-electron chi connectivity index (χ4n) is 5.25. The molecule has 0 saturated carbocycles. The number of carbonyl (C=O) groups is 3. The second-order valence-corrected chi connectivity index (χ2v) is 11.9. The number of hydrogen-bond donors (Lipinski definition) is 0. The molecule has 248 valence electrons. The van der Waals surface area contributed by atoms with Crippen molar-refractivity contribution in [2.45, 2.75) is 84.7 Å². The van der Waals surface area contributed by atoms with E-state index in [1.54, 1.807) is 30.3 Å². The lowest BCUT2D eigenvalue weighted by atomic mass is 10.0. The number of unbranched alkanes of at least 4 members (excludes halogenated alkanes) is 6. The molecule has 0 saturated heterocycles. The predicted octanol–water partition coefficient (Wildman–Crippen LogP) is 9.74. The molecule has 0 unspecified atom stereocenters. The molecule has 0 aromatic heterocycles. The average Bonchev–Trinajstić information content (AvgIpc) is 3.08. The van der Waals surface area contributed by atoms with Crippen LogP contribution in [0.4, 0.5) is 0 Å². The van der Waals surface area contributed by atoms with Crippen molar-refractivity contribution in [1.82, 2.24) is 0 Å². The maximum atomic E-state index is 12.9. The zero-order valence-corrected chi connectivity index (χ0v) is 27.8. The summed E-state index contributed by atoms with van der Waals surface area (Å²) in [6.45, 7) is 6.66. The largest absolute Gasteiger partial charge is 0.494 e. The smallest absolute Gasteiger partial charge is 0.343 e. The Hall–Kier alpha value is -4.65. The zero-order chi connectivity index (χ0) is 33.4. The van der Waals surface area contributed by atoms with Gasteiger partial charge in [-0.15, -0.1) is 0 Å². The summed E-state index contributed by atoms with van der Waals surface area (Å²) in [5.41, 5.74) is 2.95. The molecule has 0 radical (unpaired) electrons. The van der Waals surface area contributed by atoms with Gasteiger partial charge in [0.1, 0.15) is 11.5 Å². The number of esters is 3. The Morgan fingerprint density at radius 3 is 1.91 bits per heavy atom. The number of rotatable bonds is 18. The highest BCUT2D eigenvalue weighted by Gasteiger charge is 2.14. The van der Waals surface area contributed by atoms with Gasteiger partial charge in [-0.3, -0.25) is 4.79 Å². The summed E-state index contributed by atoms with van der Waals surface area (Å²) in [6.07, 6.45) is 9.17. The molecule has 0 aliphatic heterocycles. The summed E-state index contributed by atoms with van der Waals surface area (Å²) in [5, 5.41) is 1.72. The highest BCUT2D eigenvalue weighted by atomic mass is 16.5. The lowest BCUT2D eigenvalue weighted by molar-refractivity contribution is -0.141. The van der Waals surface area contributed by atoms with Crippen molar-refractivity contribution in [3.8, 4) is 22.6 Å². The van der Waals surface area contributed by atoms with Crippen LogP contribution >= 0.6 is 0 Å². The molecule has 1 atom stereocenters. The van der Waals surface area contributed by atoms with Gasteiger partial charge in [-0.25, -0.2) is 9.59 Å². The second kappa shape index (κ2) is 18.5. The number of fused-ring (bicyclic) bond motifs is 1. The van der Waals surface area contributed by atoms with Gasteiger partial charge in [0.25, 0.3) is 0 Å². The molecule has 0 N–H and O–H groups in total. The lowest BCUT2D eigenvalue weighted by Gasteiger charge is -2.13. The molecule has 0 fully saturated rings. The molecule has 7 nitrogen and oxygen atoms in total. The summed E-state index contributed by atoms with van der Waals surface area (Å²) < 4.78 is 22.1. The van der Waals surface area contributed by atoms with Gasteiger partial charge < -0.3 is 18.9 Å². The van der Waals surface area contributed by atoms with Crippen LogP contribution < -0.4 is 9.47 Å². The Bertz CT molecular complexity index is 1590. The lowest BCUT2D eigenvalue weighted by Crippen LogP contribution is -2.15. The molecule has 4 aromatic rings. The first-order valence-electron chi connectivity index (χ1n) is 16.8. The molecule has 0 heterocycles. The van der Waals surface area contributed by atoms with Crippen LogP contribution in [0.1, 0.15) is 99.3 Å². The van der Waals surface area contributed by atoms with Crippen LogP contribution in [0.15, 0.2) is 84.9 Å². The molecule has 0 spiro atoms. The van der Waals surface area contributed by atoms with Crippen LogP contribution in [0.2, 0.25) is 0 Å². The van der Waals surface area contributed by atoms with Crippen LogP contribution in [0, 0.1) is 0 Å². The van der Waals surface area contributed by atoms with Crippen molar-refractivity contribution in [2.75, 3.05) is 13.2 Å². The third-order valence-corrected chi connectivity index (χ3v) is 7.95. The zero-order valence-electron chi connectivity index (χ0n) is 27.8. The molecule has 0 aliphatic carbocycles. The number of hydrogen-bond acceptors (Lipinski definition) is 7. The standard InChI is InChI=1S/C40H46O7/c1-4-5-6-9-12-29(2)46-40(43)36-18-17-35-28-38(24-21-34(35)27-36)47-39(42)33-15-13-31(14-16-33)32-19-22-37(23-20-32)45-26-11-8-7-10-25-44-30(3)41/h13-24,27-29H,4-12,25-26H2,1-3H3/t29-/m0/s1. The van der Waals surface area contributed by atoms with Gasteiger partial charge in [0, 0.05) is 6.92 Å². The third kappa shape index (κ3) is 11.6. The Labute approximate surface area is 278 Å². The van der Waals surface area contributed by atoms with E-state index in [9.17, 15) is 14.4 Å². The molecule has 4 rings (SSSR count).